The van der Waals surface area contributed by atoms with E-state index < -0.39 is 155 Å². The molecule has 0 spiro atoms. The summed E-state index contributed by atoms with van der Waals surface area (Å²) in [5.41, 5.74) is 0. The Morgan fingerprint density at radius 2 is 1.06 bits per heavy atom. The predicted molar refractivity (Wildman–Crippen MR) is 329 cm³/mol. The zero-order chi connectivity index (χ0) is 64.7. The van der Waals surface area contributed by atoms with Crippen molar-refractivity contribution in [1.82, 2.24) is 10.6 Å². The van der Waals surface area contributed by atoms with E-state index in [1.807, 2.05) is 6.08 Å². The fraction of sp³-hybridized carbons (Fsp3) is 0.923. The van der Waals surface area contributed by atoms with Gasteiger partial charge in [-0.25, -0.2) is 4.79 Å². The molecule has 3 rings (SSSR count). The van der Waals surface area contributed by atoms with Crippen molar-refractivity contribution in [3.63, 3.8) is 0 Å². The van der Waals surface area contributed by atoms with Crippen LogP contribution in [0.1, 0.15) is 245 Å². The van der Waals surface area contributed by atoms with Gasteiger partial charge in [-0.3, -0.25) is 9.59 Å². The number of hydrogen-bond acceptors (Lipinski definition) is 20. The summed E-state index contributed by atoms with van der Waals surface area (Å²) >= 11 is 0. The SMILES string of the molecule is CCCCCCCCCCCC/C=C/C(O)C(COC1OC(CO)C(OC2OC(CO)C(O)C(OC3(C(=O)O)CC(O)C(NC(C)=O)C(C(O)C(O)CO)O3)C2O)C(O)C1O)NC(=O)CCCCCCCCCCCCCCCCCCCCCCCC. The number of ether oxygens (including phenoxy) is 6. The van der Waals surface area contributed by atoms with Crippen molar-refractivity contribution in [2.24, 2.45) is 0 Å². The predicted octanol–water partition coefficient (Wildman–Crippen LogP) is 5.51. The molecule has 3 saturated heterocycles. The number of hydrogen-bond donors (Lipinski definition) is 14. The fourth-order valence-corrected chi connectivity index (χ4v) is 12.0. The highest BCUT2D eigenvalue weighted by atomic mass is 16.8. The van der Waals surface area contributed by atoms with Crippen LogP contribution in [0.15, 0.2) is 12.2 Å². The summed E-state index contributed by atoms with van der Waals surface area (Å²) < 4.78 is 34.7. The number of amides is 2. The third-order valence-electron chi connectivity index (χ3n) is 17.5. The number of allylic oxidation sites excluding steroid dienone is 1. The Morgan fingerprint density at radius 1 is 0.591 bits per heavy atom. The van der Waals surface area contributed by atoms with Crippen LogP contribution in [0.5, 0.6) is 0 Å². The lowest BCUT2D eigenvalue weighted by molar-refractivity contribution is -0.386. The highest BCUT2D eigenvalue weighted by molar-refractivity contribution is 5.77. The van der Waals surface area contributed by atoms with Crippen LogP contribution in [0, 0.1) is 0 Å². The Hall–Kier alpha value is -2.53. The minimum atomic E-state index is -3.08. The number of carbonyl (C=O) groups excluding carboxylic acids is 2. The van der Waals surface area contributed by atoms with Crippen LogP contribution in [0.2, 0.25) is 0 Å². The molecule has 3 aliphatic heterocycles. The molecule has 0 saturated carbocycles. The van der Waals surface area contributed by atoms with E-state index >= 15 is 0 Å². The van der Waals surface area contributed by atoms with Crippen molar-refractivity contribution in [1.29, 1.82) is 0 Å². The highest BCUT2D eigenvalue weighted by Gasteiger charge is 2.60. The van der Waals surface area contributed by atoms with Crippen LogP contribution >= 0.6 is 0 Å². The molecule has 23 nitrogen and oxygen atoms in total. The van der Waals surface area contributed by atoms with E-state index in [9.17, 15) is 75.7 Å². The number of carbonyl (C=O) groups is 3. The molecule has 516 valence electrons. The second kappa shape index (κ2) is 46.5. The van der Waals surface area contributed by atoms with E-state index in [-0.39, 0.29) is 12.3 Å². The minimum absolute atomic E-state index is 0.205. The Bertz CT molecular complexity index is 1840. The summed E-state index contributed by atoms with van der Waals surface area (Å²) in [6.07, 6.45) is 14.1. The quantitative estimate of drug-likeness (QED) is 0.0264. The van der Waals surface area contributed by atoms with Crippen LogP contribution in [-0.4, -0.2) is 215 Å². The van der Waals surface area contributed by atoms with E-state index in [1.165, 1.54) is 154 Å². The van der Waals surface area contributed by atoms with Crippen molar-refractivity contribution >= 4 is 17.8 Å². The number of aliphatic carboxylic acids is 1. The van der Waals surface area contributed by atoms with Gasteiger partial charge in [-0.2, -0.15) is 0 Å². The second-order valence-corrected chi connectivity index (χ2v) is 25.0. The summed E-state index contributed by atoms with van der Waals surface area (Å²) in [5.74, 6) is -6.14. The molecule has 0 radical (unpaired) electrons. The zero-order valence-corrected chi connectivity index (χ0v) is 53.6. The van der Waals surface area contributed by atoms with Crippen molar-refractivity contribution in [3.05, 3.63) is 12.2 Å². The van der Waals surface area contributed by atoms with Gasteiger partial charge in [0.1, 0.15) is 67.1 Å². The standard InChI is InChI=1S/C65H120N2O21/c1-4-6-8-10-12-14-16-18-19-20-21-22-23-24-25-26-27-29-31-33-35-37-39-52(75)67-46(47(72)38-36-34-32-30-28-17-15-13-11-9-7-5-2)44-83-62-57(79)56(78)59(51(43-70)85-62)86-63-58(80)61(55(77)50(42-69)84-63)88-65(64(81)82)40-48(73)53(66-45(3)71)60(87-65)54(76)49(74)41-68/h36,38,46-51,53-63,68-70,72-74,76-80H,4-35,37,39-44H2,1-3H3,(H,66,71)(H,67,75)(H,81,82)/b38-36+. The normalized spacial score (nSPS) is 29.0. The lowest BCUT2D eigenvalue weighted by Crippen LogP contribution is -2.70. The highest BCUT2D eigenvalue weighted by Crippen LogP contribution is 2.39. The van der Waals surface area contributed by atoms with Crippen LogP contribution in [0.3, 0.4) is 0 Å². The number of unbranched alkanes of at least 4 members (excludes halogenated alkanes) is 31. The first kappa shape index (κ1) is 79.7. The molecule has 0 aliphatic carbocycles. The number of carboxylic acids is 1. The van der Waals surface area contributed by atoms with Gasteiger partial charge in [-0.05, 0) is 19.3 Å². The number of nitrogens with one attached hydrogen (secondary N) is 2. The van der Waals surface area contributed by atoms with Gasteiger partial charge in [-0.15, -0.1) is 0 Å². The molecule has 18 atom stereocenters. The average molecular weight is 1270 g/mol. The first-order valence-corrected chi connectivity index (χ1v) is 34.1. The monoisotopic (exact) mass is 1260 g/mol. The smallest absolute Gasteiger partial charge is 0.364 e. The molecule has 2 amide bonds. The molecule has 0 aromatic heterocycles. The molecular formula is C65H120N2O21. The fourth-order valence-electron chi connectivity index (χ4n) is 12.0. The van der Waals surface area contributed by atoms with Crippen molar-refractivity contribution in [2.45, 2.75) is 355 Å². The topological polar surface area (TPSA) is 373 Å². The Labute approximate surface area is 524 Å². The lowest BCUT2D eigenvalue weighted by atomic mass is 9.88. The molecule has 0 bridgehead atoms. The number of carboxylic acid groups (broad SMARTS) is 1. The second-order valence-electron chi connectivity index (χ2n) is 25.0. The molecular weight excluding hydrogens is 1140 g/mol. The Kier molecular flexibility index (Phi) is 42.1. The summed E-state index contributed by atoms with van der Waals surface area (Å²) in [6, 6.07) is -2.61. The van der Waals surface area contributed by atoms with Crippen molar-refractivity contribution in [3.8, 4) is 0 Å². The van der Waals surface area contributed by atoms with Crippen molar-refractivity contribution < 1.29 is 104 Å². The molecule has 23 heteroatoms. The van der Waals surface area contributed by atoms with Crippen LogP contribution < -0.4 is 10.6 Å². The molecule has 18 unspecified atom stereocenters. The van der Waals surface area contributed by atoms with E-state index in [0.717, 1.165) is 51.9 Å². The first-order valence-electron chi connectivity index (χ1n) is 34.1. The van der Waals surface area contributed by atoms with E-state index in [4.69, 9.17) is 28.4 Å². The maximum absolute atomic E-state index is 13.4. The van der Waals surface area contributed by atoms with Gasteiger partial charge in [0.25, 0.3) is 5.79 Å². The number of aliphatic hydroxyl groups excluding tert-OH is 11. The zero-order valence-electron chi connectivity index (χ0n) is 53.6. The average Bonchev–Trinajstić information content (AvgIpc) is 0.807. The maximum Gasteiger partial charge on any atom is 0.364 e. The third-order valence-corrected chi connectivity index (χ3v) is 17.5. The molecule has 14 N–H and O–H groups in total. The first-order chi connectivity index (χ1) is 42.4. The van der Waals surface area contributed by atoms with Gasteiger partial charge in [0.2, 0.25) is 11.8 Å². The Balaban J connectivity index is 1.58. The van der Waals surface area contributed by atoms with Gasteiger partial charge in [0.15, 0.2) is 12.6 Å². The third kappa shape index (κ3) is 29.2. The van der Waals surface area contributed by atoms with Gasteiger partial charge in [-0.1, -0.05) is 219 Å². The molecule has 0 aromatic rings. The summed E-state index contributed by atoms with van der Waals surface area (Å²) in [4.78, 5) is 38.5. The molecule has 0 aromatic carbocycles. The molecule has 3 fully saturated rings. The molecule has 3 aliphatic rings. The van der Waals surface area contributed by atoms with Gasteiger partial charge in [0, 0.05) is 19.8 Å². The molecule has 3 heterocycles. The summed E-state index contributed by atoms with van der Waals surface area (Å²) in [6.45, 7) is 2.13. The van der Waals surface area contributed by atoms with E-state index in [0.29, 0.717) is 12.8 Å². The van der Waals surface area contributed by atoms with E-state index in [2.05, 4.69) is 24.5 Å². The lowest BCUT2D eigenvalue weighted by Gasteiger charge is -2.50. The van der Waals surface area contributed by atoms with E-state index in [1.54, 1.807) is 6.08 Å². The van der Waals surface area contributed by atoms with Crippen LogP contribution in [0.4, 0.5) is 0 Å². The van der Waals surface area contributed by atoms with Gasteiger partial charge >= 0.3 is 5.97 Å². The number of aliphatic hydroxyl groups is 11. The van der Waals surface area contributed by atoms with Gasteiger partial charge in [0.05, 0.1) is 50.7 Å². The van der Waals surface area contributed by atoms with Gasteiger partial charge < -0.3 is 100 Å². The maximum atomic E-state index is 13.4. The summed E-state index contributed by atoms with van der Waals surface area (Å²) in [7, 11) is 0. The Morgan fingerprint density at radius 3 is 1.51 bits per heavy atom. The van der Waals surface area contributed by atoms with Crippen molar-refractivity contribution in [2.75, 3.05) is 26.4 Å². The largest absolute Gasteiger partial charge is 0.477 e. The van der Waals surface area contributed by atoms with Crippen LogP contribution in [-0.2, 0) is 42.8 Å². The summed E-state index contributed by atoms with van der Waals surface area (Å²) in [5, 5.41) is 136. The van der Waals surface area contributed by atoms with Crippen LogP contribution in [0.25, 0.3) is 0 Å². The molecule has 88 heavy (non-hydrogen) atoms. The minimum Gasteiger partial charge on any atom is -0.477 e. The number of rotatable bonds is 51.